The van der Waals surface area contributed by atoms with Gasteiger partial charge in [0.2, 0.25) is 0 Å². The summed E-state index contributed by atoms with van der Waals surface area (Å²) in [4.78, 5) is 15.7. The van der Waals surface area contributed by atoms with Gasteiger partial charge in [0, 0.05) is 12.5 Å². The van der Waals surface area contributed by atoms with Crippen molar-refractivity contribution in [1.82, 2.24) is 4.98 Å². The van der Waals surface area contributed by atoms with E-state index < -0.39 is 21.6 Å². The molecular weight excluding hydrogens is 311 g/mol. The van der Waals surface area contributed by atoms with Crippen LogP contribution < -0.4 is 10.1 Å². The molecule has 0 atom stereocenters. The fraction of sp³-hybridized carbons (Fsp3) is 0.143. The average molecular weight is 324 g/mol. The molecule has 6 nitrogen and oxygen atoms in total. The van der Waals surface area contributed by atoms with Gasteiger partial charge in [-0.15, -0.1) is 0 Å². The lowest BCUT2D eigenvalue weighted by molar-refractivity contribution is 0.102. The lowest BCUT2D eigenvalue weighted by Gasteiger charge is -2.10. The highest BCUT2D eigenvalue weighted by atomic mass is 32.2. The SMILES string of the molecule is COc1cncc(C(=O)Nc2ccc(F)cc2S(C)(=O)=O)c1. The molecule has 1 aromatic heterocycles. The second-order valence-electron chi connectivity index (χ2n) is 4.48. The van der Waals surface area contributed by atoms with E-state index in [1.807, 2.05) is 0 Å². The van der Waals surface area contributed by atoms with Crippen molar-refractivity contribution in [3.8, 4) is 5.75 Å². The third-order valence-electron chi connectivity index (χ3n) is 2.80. The number of rotatable bonds is 4. The molecule has 1 N–H and O–H groups in total. The first kappa shape index (κ1) is 15.9. The largest absolute Gasteiger partial charge is 0.495 e. The maximum absolute atomic E-state index is 13.2. The Bertz CT molecular complexity index is 821. The van der Waals surface area contributed by atoms with E-state index in [1.165, 1.54) is 31.6 Å². The molecule has 22 heavy (non-hydrogen) atoms. The minimum absolute atomic E-state index is 0.00304. The maximum atomic E-state index is 13.2. The molecule has 0 aliphatic carbocycles. The summed E-state index contributed by atoms with van der Waals surface area (Å²) in [7, 11) is -2.26. The number of carbonyl (C=O) groups excluding carboxylic acids is 1. The van der Waals surface area contributed by atoms with Crippen molar-refractivity contribution >= 4 is 21.4 Å². The second-order valence-corrected chi connectivity index (χ2v) is 6.46. The van der Waals surface area contributed by atoms with Crippen LogP contribution in [0.1, 0.15) is 10.4 Å². The fourth-order valence-corrected chi connectivity index (χ4v) is 2.60. The number of nitrogens with zero attached hydrogens (tertiary/aromatic N) is 1. The molecule has 1 amide bonds. The number of hydrogen-bond acceptors (Lipinski definition) is 5. The molecule has 0 fully saturated rings. The van der Waals surface area contributed by atoms with Gasteiger partial charge >= 0.3 is 0 Å². The van der Waals surface area contributed by atoms with Gasteiger partial charge in [0.25, 0.3) is 5.91 Å². The molecule has 8 heteroatoms. The predicted octanol–water partition coefficient (Wildman–Crippen LogP) is 1.89. The zero-order valence-corrected chi connectivity index (χ0v) is 12.6. The van der Waals surface area contributed by atoms with E-state index in [4.69, 9.17) is 4.74 Å². The summed E-state index contributed by atoms with van der Waals surface area (Å²) in [6.07, 6.45) is 3.67. The topological polar surface area (TPSA) is 85.4 Å². The number of amides is 1. The smallest absolute Gasteiger partial charge is 0.257 e. The summed E-state index contributed by atoms with van der Waals surface area (Å²) in [6.45, 7) is 0. The fourth-order valence-electron chi connectivity index (χ4n) is 1.76. The molecule has 0 spiro atoms. The third-order valence-corrected chi connectivity index (χ3v) is 3.94. The van der Waals surface area contributed by atoms with Crippen molar-refractivity contribution in [3.63, 3.8) is 0 Å². The lowest BCUT2D eigenvalue weighted by atomic mass is 10.2. The van der Waals surface area contributed by atoms with E-state index in [0.717, 1.165) is 18.4 Å². The Hall–Kier alpha value is -2.48. The highest BCUT2D eigenvalue weighted by Gasteiger charge is 2.17. The molecule has 0 aliphatic rings. The van der Waals surface area contributed by atoms with Crippen molar-refractivity contribution < 1.29 is 22.3 Å². The molecule has 0 saturated heterocycles. The number of anilines is 1. The van der Waals surface area contributed by atoms with E-state index in [-0.39, 0.29) is 16.1 Å². The Kier molecular flexibility index (Phi) is 4.41. The first-order valence-electron chi connectivity index (χ1n) is 6.11. The molecule has 0 bridgehead atoms. The van der Waals surface area contributed by atoms with Crippen molar-refractivity contribution in [3.05, 3.63) is 48.0 Å². The summed E-state index contributed by atoms with van der Waals surface area (Å²) >= 11 is 0. The molecule has 116 valence electrons. The van der Waals surface area contributed by atoms with Crippen LogP contribution in [0.25, 0.3) is 0 Å². The van der Waals surface area contributed by atoms with Gasteiger partial charge in [-0.25, -0.2) is 12.8 Å². The normalized spacial score (nSPS) is 11.0. The number of pyridine rings is 1. The predicted molar refractivity (Wildman–Crippen MR) is 78.3 cm³/mol. The van der Waals surface area contributed by atoms with Crippen LogP contribution >= 0.6 is 0 Å². The Labute approximate surface area is 126 Å². The Morgan fingerprint density at radius 1 is 1.27 bits per heavy atom. The van der Waals surface area contributed by atoms with Crippen LogP contribution in [0.15, 0.2) is 41.6 Å². The molecule has 2 rings (SSSR count). The first-order chi connectivity index (χ1) is 10.3. The summed E-state index contributed by atoms with van der Waals surface area (Å²) in [6, 6.07) is 4.56. The standard InChI is InChI=1S/C14H13FN2O4S/c1-21-11-5-9(7-16-8-11)14(18)17-12-4-3-10(15)6-13(12)22(2,19)20/h3-8H,1-2H3,(H,17,18). The van der Waals surface area contributed by atoms with Gasteiger partial charge < -0.3 is 10.1 Å². The number of hydrogen-bond donors (Lipinski definition) is 1. The van der Waals surface area contributed by atoms with Crippen molar-refractivity contribution in [2.45, 2.75) is 4.90 Å². The van der Waals surface area contributed by atoms with Crippen LogP contribution in [0.4, 0.5) is 10.1 Å². The van der Waals surface area contributed by atoms with Gasteiger partial charge in [-0.1, -0.05) is 0 Å². The van der Waals surface area contributed by atoms with Crippen LogP contribution in [-0.2, 0) is 9.84 Å². The van der Waals surface area contributed by atoms with Crippen LogP contribution in [0.5, 0.6) is 5.75 Å². The molecule has 0 saturated carbocycles. The van der Waals surface area contributed by atoms with Gasteiger partial charge in [0.15, 0.2) is 9.84 Å². The molecule has 0 aliphatic heterocycles. The Morgan fingerprint density at radius 3 is 2.64 bits per heavy atom. The van der Waals surface area contributed by atoms with E-state index in [1.54, 1.807) is 0 Å². The number of sulfone groups is 1. The molecule has 1 aromatic carbocycles. The molecule has 1 heterocycles. The quantitative estimate of drug-likeness (QED) is 0.928. The Balaban J connectivity index is 2.36. The number of halogens is 1. The number of aromatic nitrogens is 1. The van der Waals surface area contributed by atoms with Gasteiger partial charge in [0.05, 0.1) is 29.5 Å². The highest BCUT2D eigenvalue weighted by Crippen LogP contribution is 2.23. The Morgan fingerprint density at radius 2 is 2.00 bits per heavy atom. The van der Waals surface area contributed by atoms with E-state index in [9.17, 15) is 17.6 Å². The van der Waals surface area contributed by atoms with Gasteiger partial charge in [0.1, 0.15) is 11.6 Å². The summed E-state index contributed by atoms with van der Waals surface area (Å²) in [5.41, 5.74) is 0.180. The number of ether oxygens (including phenoxy) is 1. The van der Waals surface area contributed by atoms with Crippen LogP contribution in [0.3, 0.4) is 0 Å². The van der Waals surface area contributed by atoms with Crippen molar-refractivity contribution in [2.75, 3.05) is 18.7 Å². The maximum Gasteiger partial charge on any atom is 0.257 e. The monoisotopic (exact) mass is 324 g/mol. The van der Waals surface area contributed by atoms with Crippen LogP contribution in [0.2, 0.25) is 0 Å². The number of benzene rings is 1. The summed E-state index contributed by atoms with van der Waals surface area (Å²) < 4.78 is 41.5. The zero-order valence-electron chi connectivity index (χ0n) is 11.8. The highest BCUT2D eigenvalue weighted by molar-refractivity contribution is 7.90. The molecular formula is C14H13FN2O4S. The summed E-state index contributed by atoms with van der Waals surface area (Å²) in [5, 5.41) is 2.43. The average Bonchev–Trinajstić information content (AvgIpc) is 2.48. The zero-order chi connectivity index (χ0) is 16.3. The van der Waals surface area contributed by atoms with Gasteiger partial charge in [-0.2, -0.15) is 0 Å². The molecule has 0 unspecified atom stereocenters. The first-order valence-corrected chi connectivity index (χ1v) is 8.00. The third kappa shape index (κ3) is 3.59. The lowest BCUT2D eigenvalue weighted by Crippen LogP contribution is -2.15. The number of nitrogens with one attached hydrogen (secondary N) is 1. The van der Waals surface area contributed by atoms with Crippen molar-refractivity contribution in [2.24, 2.45) is 0 Å². The summed E-state index contributed by atoms with van der Waals surface area (Å²) in [5.74, 6) is -0.903. The minimum Gasteiger partial charge on any atom is -0.495 e. The molecule has 2 aromatic rings. The van der Waals surface area contributed by atoms with Gasteiger partial charge in [-0.05, 0) is 24.3 Å². The van der Waals surface area contributed by atoms with Crippen LogP contribution in [0, 0.1) is 5.82 Å². The number of methoxy groups -OCH3 is 1. The van der Waals surface area contributed by atoms with E-state index in [0.29, 0.717) is 5.75 Å². The van der Waals surface area contributed by atoms with Crippen LogP contribution in [-0.4, -0.2) is 32.7 Å². The van der Waals surface area contributed by atoms with Gasteiger partial charge in [-0.3, -0.25) is 9.78 Å². The minimum atomic E-state index is -3.69. The van der Waals surface area contributed by atoms with E-state index in [2.05, 4.69) is 10.3 Å². The second kappa shape index (κ2) is 6.10. The molecule has 0 radical (unpaired) electrons. The van der Waals surface area contributed by atoms with Crippen molar-refractivity contribution in [1.29, 1.82) is 0 Å². The van der Waals surface area contributed by atoms with E-state index >= 15 is 0 Å². The number of carbonyl (C=O) groups is 1.